The van der Waals surface area contributed by atoms with Gasteiger partial charge in [0.05, 0.1) is 6.04 Å². The summed E-state index contributed by atoms with van der Waals surface area (Å²) in [6.45, 7) is 7.63. The van der Waals surface area contributed by atoms with Gasteiger partial charge in [0.2, 0.25) is 5.91 Å². The van der Waals surface area contributed by atoms with Gasteiger partial charge in [-0.3, -0.25) is 4.79 Å². The molecule has 2 aliphatic rings. The van der Waals surface area contributed by atoms with Gasteiger partial charge in [-0.15, -0.1) is 0 Å². The van der Waals surface area contributed by atoms with Crippen molar-refractivity contribution in [3.8, 4) is 0 Å². The number of nitrogens with zero attached hydrogens (tertiary/aromatic N) is 2. The summed E-state index contributed by atoms with van der Waals surface area (Å²) in [6.07, 6.45) is 3.64. The number of hydrogen-bond donors (Lipinski definition) is 0. The lowest BCUT2D eigenvalue weighted by Gasteiger charge is -2.38. The normalized spacial score (nSPS) is 19.0. The van der Waals surface area contributed by atoms with Crippen molar-refractivity contribution in [2.75, 3.05) is 19.6 Å². The molecule has 0 N–H and O–H groups in total. The van der Waals surface area contributed by atoms with Crippen LogP contribution in [0.25, 0.3) is 0 Å². The van der Waals surface area contributed by atoms with Gasteiger partial charge in [-0.05, 0) is 81.2 Å². The molecule has 0 spiro atoms. The minimum atomic E-state index is -0.492. The highest BCUT2D eigenvalue weighted by Gasteiger charge is 2.33. The van der Waals surface area contributed by atoms with Crippen LogP contribution in [0.4, 0.5) is 9.18 Å². The second-order valence-electron chi connectivity index (χ2n) is 10.4. The van der Waals surface area contributed by atoms with Gasteiger partial charge < -0.3 is 14.5 Å². The Labute approximate surface area is 201 Å². The average molecular weight is 467 g/mol. The number of fused-ring (bicyclic) bond motifs is 1. The minimum Gasteiger partial charge on any atom is -0.444 e. The van der Waals surface area contributed by atoms with E-state index in [0.29, 0.717) is 32.0 Å². The van der Waals surface area contributed by atoms with E-state index in [1.54, 1.807) is 17.0 Å². The van der Waals surface area contributed by atoms with Gasteiger partial charge in [0.25, 0.3) is 0 Å². The fraction of sp³-hybridized carbons (Fsp3) is 0.500. The third-order valence-corrected chi connectivity index (χ3v) is 6.82. The lowest BCUT2D eigenvalue weighted by Crippen LogP contribution is -2.42. The van der Waals surface area contributed by atoms with E-state index in [0.717, 1.165) is 36.8 Å². The zero-order valence-corrected chi connectivity index (χ0v) is 20.4. The van der Waals surface area contributed by atoms with E-state index in [1.165, 1.54) is 17.7 Å². The molecule has 0 aromatic heterocycles. The molecule has 2 heterocycles. The summed E-state index contributed by atoms with van der Waals surface area (Å²) in [5.74, 6) is 0.283. The van der Waals surface area contributed by atoms with E-state index in [4.69, 9.17) is 4.74 Å². The maximum absolute atomic E-state index is 13.6. The molecule has 5 nitrogen and oxygen atoms in total. The molecular formula is C28H35FN2O3. The second-order valence-corrected chi connectivity index (χ2v) is 10.4. The maximum Gasteiger partial charge on any atom is 0.410 e. The van der Waals surface area contributed by atoms with E-state index in [1.807, 2.05) is 37.8 Å². The molecule has 4 rings (SSSR count). The first-order valence-corrected chi connectivity index (χ1v) is 12.3. The van der Waals surface area contributed by atoms with E-state index in [2.05, 4.69) is 12.1 Å². The van der Waals surface area contributed by atoms with E-state index < -0.39 is 5.60 Å². The predicted octanol–water partition coefficient (Wildman–Crippen LogP) is 5.73. The quantitative estimate of drug-likeness (QED) is 0.578. The zero-order valence-electron chi connectivity index (χ0n) is 20.4. The number of piperidine rings is 1. The molecule has 182 valence electrons. The van der Waals surface area contributed by atoms with Gasteiger partial charge in [0, 0.05) is 26.1 Å². The number of rotatable bonds is 4. The molecule has 0 aliphatic carbocycles. The van der Waals surface area contributed by atoms with Crippen molar-refractivity contribution in [2.45, 2.75) is 64.5 Å². The summed E-state index contributed by atoms with van der Waals surface area (Å²) in [6, 6.07) is 14.5. The van der Waals surface area contributed by atoms with Gasteiger partial charge >= 0.3 is 6.09 Å². The van der Waals surface area contributed by atoms with Crippen LogP contribution in [0, 0.1) is 11.7 Å². The number of ether oxygens (including phenoxy) is 1. The third-order valence-electron chi connectivity index (χ3n) is 6.82. The Morgan fingerprint density at radius 3 is 2.35 bits per heavy atom. The van der Waals surface area contributed by atoms with Crippen LogP contribution in [0.3, 0.4) is 0 Å². The van der Waals surface area contributed by atoms with Crippen LogP contribution >= 0.6 is 0 Å². The van der Waals surface area contributed by atoms with Crippen LogP contribution in [-0.4, -0.2) is 47.0 Å². The number of benzene rings is 2. The number of halogens is 1. The Kier molecular flexibility index (Phi) is 7.24. The molecule has 2 aromatic rings. The average Bonchev–Trinajstić information content (AvgIpc) is 2.81. The van der Waals surface area contributed by atoms with Crippen molar-refractivity contribution in [1.82, 2.24) is 9.80 Å². The largest absolute Gasteiger partial charge is 0.444 e. The maximum atomic E-state index is 13.6. The van der Waals surface area contributed by atoms with Crippen molar-refractivity contribution in [1.29, 1.82) is 0 Å². The predicted molar refractivity (Wildman–Crippen MR) is 130 cm³/mol. The molecule has 6 heteroatoms. The SMILES string of the molecule is CC(C)(C)OC(=O)N1CCC(CCC(=O)N2CCc3ccccc3C2c2ccc(F)cc2)CC1. The number of likely N-dealkylation sites (tertiary alicyclic amines) is 1. The highest BCUT2D eigenvalue weighted by molar-refractivity contribution is 5.78. The summed E-state index contributed by atoms with van der Waals surface area (Å²) < 4.78 is 19.1. The monoisotopic (exact) mass is 466 g/mol. The van der Waals surface area contributed by atoms with Gasteiger partial charge in [0.15, 0.2) is 0 Å². The Balaban J connectivity index is 1.38. The highest BCUT2D eigenvalue weighted by Crippen LogP contribution is 2.36. The fourth-order valence-corrected chi connectivity index (χ4v) is 5.04. The van der Waals surface area contributed by atoms with Gasteiger partial charge in [-0.1, -0.05) is 36.4 Å². The van der Waals surface area contributed by atoms with E-state index in [9.17, 15) is 14.0 Å². The van der Waals surface area contributed by atoms with Crippen LogP contribution in [0.15, 0.2) is 48.5 Å². The standard InChI is InChI=1S/C28H35FN2O3/c1-28(2,3)34-27(33)30-17-14-20(15-18-30)8-13-25(32)31-19-16-21-6-4-5-7-24(21)26(31)22-9-11-23(29)12-10-22/h4-7,9-12,20,26H,8,13-19H2,1-3H3. The minimum absolute atomic E-state index is 0.137. The van der Waals surface area contributed by atoms with Crippen molar-refractivity contribution in [2.24, 2.45) is 5.92 Å². The van der Waals surface area contributed by atoms with Gasteiger partial charge in [-0.25, -0.2) is 9.18 Å². The topological polar surface area (TPSA) is 49.9 Å². The highest BCUT2D eigenvalue weighted by atomic mass is 19.1. The number of hydrogen-bond acceptors (Lipinski definition) is 3. The summed E-state index contributed by atoms with van der Waals surface area (Å²) in [7, 11) is 0. The molecule has 0 bridgehead atoms. The van der Waals surface area contributed by atoms with Gasteiger partial charge in [-0.2, -0.15) is 0 Å². The van der Waals surface area contributed by atoms with Gasteiger partial charge in [0.1, 0.15) is 11.4 Å². The summed E-state index contributed by atoms with van der Waals surface area (Å²) in [5.41, 5.74) is 2.82. The molecule has 1 saturated heterocycles. The number of amides is 2. The summed E-state index contributed by atoms with van der Waals surface area (Å²) in [5, 5.41) is 0. The molecular weight excluding hydrogens is 431 g/mol. The smallest absolute Gasteiger partial charge is 0.410 e. The Hall–Kier alpha value is -2.89. The molecule has 2 amide bonds. The molecule has 2 aromatic carbocycles. The lowest BCUT2D eigenvalue weighted by atomic mass is 9.87. The van der Waals surface area contributed by atoms with Crippen molar-refractivity contribution in [3.63, 3.8) is 0 Å². The molecule has 34 heavy (non-hydrogen) atoms. The molecule has 2 aliphatic heterocycles. The van der Waals surface area contributed by atoms with Crippen LogP contribution in [0.1, 0.15) is 69.2 Å². The van der Waals surface area contributed by atoms with Crippen molar-refractivity contribution < 1.29 is 18.7 Å². The number of carbonyl (C=O) groups excluding carboxylic acids is 2. The Bertz CT molecular complexity index is 1010. The molecule has 1 unspecified atom stereocenters. The lowest BCUT2D eigenvalue weighted by molar-refractivity contribution is -0.133. The van der Waals surface area contributed by atoms with Crippen LogP contribution < -0.4 is 0 Å². The fourth-order valence-electron chi connectivity index (χ4n) is 5.04. The van der Waals surface area contributed by atoms with E-state index >= 15 is 0 Å². The van der Waals surface area contributed by atoms with Crippen molar-refractivity contribution >= 4 is 12.0 Å². The van der Waals surface area contributed by atoms with Crippen LogP contribution in [0.2, 0.25) is 0 Å². The Morgan fingerprint density at radius 1 is 1.00 bits per heavy atom. The Morgan fingerprint density at radius 2 is 1.68 bits per heavy atom. The first-order chi connectivity index (χ1) is 16.2. The van der Waals surface area contributed by atoms with Crippen LogP contribution in [0.5, 0.6) is 0 Å². The first-order valence-electron chi connectivity index (χ1n) is 12.3. The summed E-state index contributed by atoms with van der Waals surface area (Å²) in [4.78, 5) is 29.4. The van der Waals surface area contributed by atoms with E-state index in [-0.39, 0.29) is 23.9 Å². The zero-order chi connectivity index (χ0) is 24.3. The van der Waals surface area contributed by atoms with Crippen LogP contribution in [-0.2, 0) is 16.0 Å². The molecule has 0 radical (unpaired) electrons. The molecule has 1 fully saturated rings. The second kappa shape index (κ2) is 10.2. The molecule has 1 atom stereocenters. The molecule has 0 saturated carbocycles. The number of carbonyl (C=O) groups is 2. The summed E-state index contributed by atoms with van der Waals surface area (Å²) >= 11 is 0. The first kappa shape index (κ1) is 24.2. The third kappa shape index (κ3) is 5.78. The van der Waals surface area contributed by atoms with Crippen molar-refractivity contribution in [3.05, 3.63) is 71.0 Å².